The molecular formula is C11H8BrNO2S2. The highest BCUT2D eigenvalue weighted by Crippen LogP contribution is 2.34. The van der Waals surface area contributed by atoms with Crippen molar-refractivity contribution in [3.8, 4) is 0 Å². The van der Waals surface area contributed by atoms with Gasteiger partial charge in [-0.2, -0.15) is 0 Å². The SMILES string of the molecule is O=[N+]([O-])c1ccccc1SCc1sccc1Br. The highest BCUT2D eigenvalue weighted by Gasteiger charge is 2.13. The summed E-state index contributed by atoms with van der Waals surface area (Å²) in [5.74, 6) is 0.739. The van der Waals surface area contributed by atoms with Gasteiger partial charge in [-0.25, -0.2) is 0 Å². The van der Waals surface area contributed by atoms with E-state index in [9.17, 15) is 10.1 Å². The van der Waals surface area contributed by atoms with Crippen LogP contribution in [0.4, 0.5) is 5.69 Å². The molecule has 0 aliphatic carbocycles. The number of benzene rings is 1. The van der Waals surface area contributed by atoms with Gasteiger partial charge in [0.05, 0.1) is 9.82 Å². The molecule has 88 valence electrons. The minimum absolute atomic E-state index is 0.171. The molecule has 0 saturated carbocycles. The van der Waals surface area contributed by atoms with Crippen molar-refractivity contribution in [3.63, 3.8) is 0 Å². The lowest BCUT2D eigenvalue weighted by Gasteiger charge is -2.01. The summed E-state index contributed by atoms with van der Waals surface area (Å²) in [5.41, 5.74) is 0.171. The predicted molar refractivity (Wildman–Crippen MR) is 74.7 cm³/mol. The van der Waals surface area contributed by atoms with Gasteiger partial charge in [0.25, 0.3) is 5.69 Å². The summed E-state index contributed by atoms with van der Waals surface area (Å²) in [6.45, 7) is 0. The van der Waals surface area contributed by atoms with Crippen LogP contribution in [0, 0.1) is 10.1 Å². The molecule has 0 aliphatic heterocycles. The van der Waals surface area contributed by atoms with Crippen molar-refractivity contribution in [1.82, 2.24) is 0 Å². The number of nitro groups is 1. The van der Waals surface area contributed by atoms with Crippen molar-refractivity contribution in [1.29, 1.82) is 0 Å². The quantitative estimate of drug-likeness (QED) is 0.463. The van der Waals surface area contributed by atoms with E-state index < -0.39 is 0 Å². The average molecular weight is 330 g/mol. The summed E-state index contributed by atoms with van der Waals surface area (Å²) < 4.78 is 1.06. The molecular weight excluding hydrogens is 322 g/mol. The first-order valence-electron chi connectivity index (χ1n) is 4.76. The third kappa shape index (κ3) is 3.08. The summed E-state index contributed by atoms with van der Waals surface area (Å²) in [6, 6.07) is 8.80. The minimum Gasteiger partial charge on any atom is -0.258 e. The van der Waals surface area contributed by atoms with Gasteiger partial charge in [0.2, 0.25) is 0 Å². The van der Waals surface area contributed by atoms with Crippen LogP contribution in [-0.2, 0) is 5.75 Å². The second-order valence-corrected chi connectivity index (χ2v) is 6.08. The highest BCUT2D eigenvalue weighted by atomic mass is 79.9. The van der Waals surface area contributed by atoms with Crippen LogP contribution in [0.5, 0.6) is 0 Å². The number of nitro benzene ring substituents is 1. The smallest absolute Gasteiger partial charge is 0.258 e. The van der Waals surface area contributed by atoms with Gasteiger partial charge in [-0.05, 0) is 33.4 Å². The Labute approximate surface area is 115 Å². The van der Waals surface area contributed by atoms with Crippen LogP contribution in [0.15, 0.2) is 45.1 Å². The molecule has 3 nitrogen and oxygen atoms in total. The molecule has 1 heterocycles. The molecule has 0 fully saturated rings. The molecule has 0 amide bonds. The molecule has 0 unspecified atom stereocenters. The fourth-order valence-electron chi connectivity index (χ4n) is 1.30. The molecule has 0 spiro atoms. The lowest BCUT2D eigenvalue weighted by Crippen LogP contribution is -1.90. The molecule has 1 aromatic heterocycles. The van der Waals surface area contributed by atoms with Gasteiger partial charge in [-0.15, -0.1) is 23.1 Å². The van der Waals surface area contributed by atoms with Crippen LogP contribution in [-0.4, -0.2) is 4.92 Å². The molecule has 6 heteroatoms. The van der Waals surface area contributed by atoms with E-state index in [1.807, 2.05) is 17.5 Å². The number of halogens is 1. The zero-order valence-corrected chi connectivity index (χ0v) is 11.8. The summed E-state index contributed by atoms with van der Waals surface area (Å²) >= 11 is 6.58. The summed E-state index contributed by atoms with van der Waals surface area (Å²) in [4.78, 5) is 12.4. The summed E-state index contributed by atoms with van der Waals surface area (Å²) in [7, 11) is 0. The topological polar surface area (TPSA) is 43.1 Å². The molecule has 2 aromatic rings. The van der Waals surface area contributed by atoms with E-state index in [1.54, 1.807) is 23.5 Å². The number of hydrogen-bond acceptors (Lipinski definition) is 4. The van der Waals surface area contributed by atoms with Gasteiger partial charge in [0, 0.05) is 21.2 Å². The van der Waals surface area contributed by atoms with Crippen LogP contribution in [0.1, 0.15) is 4.88 Å². The standard InChI is InChI=1S/C11H8BrNO2S2/c12-8-5-6-16-11(8)7-17-10-4-2-1-3-9(10)13(14)15/h1-6H,7H2. The minimum atomic E-state index is -0.341. The third-order valence-electron chi connectivity index (χ3n) is 2.11. The van der Waals surface area contributed by atoms with Crippen molar-refractivity contribution in [3.05, 3.63) is 55.2 Å². The molecule has 1 aromatic carbocycles. The molecule has 0 radical (unpaired) electrons. The second-order valence-electron chi connectivity index (χ2n) is 3.21. The fourth-order valence-corrected chi connectivity index (χ4v) is 4.12. The van der Waals surface area contributed by atoms with Crippen LogP contribution in [0.3, 0.4) is 0 Å². The maximum absolute atomic E-state index is 10.8. The number of rotatable bonds is 4. The molecule has 0 N–H and O–H groups in total. The van der Waals surface area contributed by atoms with E-state index in [0.29, 0.717) is 4.90 Å². The van der Waals surface area contributed by atoms with Gasteiger partial charge in [0.1, 0.15) is 0 Å². The number of thiophene rings is 1. The Kier molecular flexibility index (Phi) is 4.20. The molecule has 0 bridgehead atoms. The van der Waals surface area contributed by atoms with Gasteiger partial charge < -0.3 is 0 Å². The van der Waals surface area contributed by atoms with E-state index in [0.717, 1.165) is 10.2 Å². The van der Waals surface area contributed by atoms with E-state index in [-0.39, 0.29) is 10.6 Å². The molecule has 0 atom stereocenters. The van der Waals surface area contributed by atoms with Gasteiger partial charge >= 0.3 is 0 Å². The van der Waals surface area contributed by atoms with E-state index in [2.05, 4.69) is 15.9 Å². The largest absolute Gasteiger partial charge is 0.282 e. The summed E-state index contributed by atoms with van der Waals surface area (Å²) in [5, 5.41) is 12.8. The van der Waals surface area contributed by atoms with Crippen molar-refractivity contribution in [2.75, 3.05) is 0 Å². The summed E-state index contributed by atoms with van der Waals surface area (Å²) in [6.07, 6.45) is 0. The Balaban J connectivity index is 2.14. The maximum Gasteiger partial charge on any atom is 0.282 e. The number of thioether (sulfide) groups is 1. The van der Waals surface area contributed by atoms with Crippen LogP contribution in [0.2, 0.25) is 0 Å². The average Bonchev–Trinajstić information content (AvgIpc) is 2.72. The van der Waals surface area contributed by atoms with E-state index in [4.69, 9.17) is 0 Å². The first-order valence-corrected chi connectivity index (χ1v) is 7.42. The third-order valence-corrected chi connectivity index (χ3v) is 5.31. The Morgan fingerprint density at radius 3 is 2.76 bits per heavy atom. The first-order chi connectivity index (χ1) is 8.18. The van der Waals surface area contributed by atoms with Crippen LogP contribution in [0.25, 0.3) is 0 Å². The van der Waals surface area contributed by atoms with Crippen LogP contribution < -0.4 is 0 Å². The number of nitrogens with zero attached hydrogens (tertiary/aromatic N) is 1. The predicted octanol–water partition coefficient (Wildman–Crippen LogP) is 4.71. The Bertz CT molecular complexity index is 542. The second kappa shape index (κ2) is 5.66. The fraction of sp³-hybridized carbons (Fsp3) is 0.0909. The Hall–Kier alpha value is -0.850. The molecule has 0 aliphatic rings. The lowest BCUT2D eigenvalue weighted by molar-refractivity contribution is -0.387. The Morgan fingerprint density at radius 2 is 2.12 bits per heavy atom. The normalized spacial score (nSPS) is 10.4. The first kappa shape index (κ1) is 12.6. The molecule has 17 heavy (non-hydrogen) atoms. The van der Waals surface area contributed by atoms with Crippen molar-refractivity contribution in [2.24, 2.45) is 0 Å². The van der Waals surface area contributed by atoms with E-state index in [1.165, 1.54) is 22.7 Å². The van der Waals surface area contributed by atoms with Gasteiger partial charge in [-0.1, -0.05) is 12.1 Å². The van der Waals surface area contributed by atoms with Gasteiger partial charge in [0.15, 0.2) is 0 Å². The highest BCUT2D eigenvalue weighted by molar-refractivity contribution is 9.10. The maximum atomic E-state index is 10.8. The van der Waals surface area contributed by atoms with Crippen LogP contribution >= 0.6 is 39.0 Å². The van der Waals surface area contributed by atoms with Gasteiger partial charge in [-0.3, -0.25) is 10.1 Å². The van der Waals surface area contributed by atoms with Crippen molar-refractivity contribution >= 4 is 44.7 Å². The lowest BCUT2D eigenvalue weighted by atomic mass is 10.3. The van der Waals surface area contributed by atoms with Crippen molar-refractivity contribution in [2.45, 2.75) is 10.6 Å². The van der Waals surface area contributed by atoms with Crippen molar-refractivity contribution < 1.29 is 4.92 Å². The monoisotopic (exact) mass is 329 g/mol. The molecule has 0 saturated heterocycles. The number of para-hydroxylation sites is 1. The number of hydrogen-bond donors (Lipinski definition) is 0. The zero-order chi connectivity index (χ0) is 12.3. The Morgan fingerprint density at radius 1 is 1.35 bits per heavy atom. The zero-order valence-electron chi connectivity index (χ0n) is 8.63. The molecule has 2 rings (SSSR count). The van der Waals surface area contributed by atoms with E-state index >= 15 is 0 Å².